The lowest BCUT2D eigenvalue weighted by Gasteiger charge is -2.37. The molecule has 0 radical (unpaired) electrons. The van der Waals surface area contributed by atoms with Crippen molar-refractivity contribution in [3.8, 4) is 5.75 Å². The van der Waals surface area contributed by atoms with E-state index in [2.05, 4.69) is 44.5 Å². The zero-order chi connectivity index (χ0) is 27.2. The number of amidine groups is 1. The highest BCUT2D eigenvalue weighted by molar-refractivity contribution is 7.16. The Morgan fingerprint density at radius 1 is 1.26 bits per heavy atom. The maximum absolute atomic E-state index is 12.3. The van der Waals surface area contributed by atoms with E-state index >= 15 is 0 Å². The smallest absolute Gasteiger partial charge is 0.247 e. The van der Waals surface area contributed by atoms with Crippen LogP contribution in [0.15, 0.2) is 54.6 Å². The molecule has 0 spiro atoms. The Kier molecular flexibility index (Phi) is 8.62. The van der Waals surface area contributed by atoms with Gasteiger partial charge in [-0.2, -0.15) is 0 Å². The minimum absolute atomic E-state index is 0.0815. The first kappa shape index (κ1) is 27.1. The molecule has 1 aliphatic rings. The second-order valence-electron chi connectivity index (χ2n) is 9.18. The normalized spacial score (nSPS) is 14.7. The number of carbonyl (C=O) groups excluding carboxylic acids is 1. The van der Waals surface area contributed by atoms with Crippen LogP contribution in [-0.4, -0.2) is 62.0 Å². The minimum atomic E-state index is -0.317. The molecule has 1 aromatic heterocycles. The van der Waals surface area contributed by atoms with E-state index in [9.17, 15) is 4.79 Å². The summed E-state index contributed by atoms with van der Waals surface area (Å²) in [6.07, 6.45) is 4.87. The third-order valence-electron chi connectivity index (χ3n) is 6.73. The van der Waals surface area contributed by atoms with Crippen molar-refractivity contribution in [1.82, 2.24) is 15.3 Å². The van der Waals surface area contributed by atoms with Crippen LogP contribution in [0, 0.1) is 5.41 Å². The number of aromatic nitrogens is 1. The largest absolute Gasteiger partial charge is 0.494 e. The van der Waals surface area contributed by atoms with Crippen LogP contribution in [0.1, 0.15) is 18.4 Å². The molecule has 10 nitrogen and oxygen atoms in total. The van der Waals surface area contributed by atoms with Crippen LogP contribution in [0.25, 0.3) is 15.9 Å². The molecule has 4 rings (SSSR count). The van der Waals surface area contributed by atoms with E-state index in [1.807, 2.05) is 31.3 Å². The summed E-state index contributed by atoms with van der Waals surface area (Å²) in [5, 5.41) is 14.6. The number of fused-ring (bicyclic) bond motifs is 1. The fraction of sp³-hybridized carbons (Fsp3) is 0.296. The average molecular weight is 535 g/mol. The van der Waals surface area contributed by atoms with Gasteiger partial charge in [0.05, 0.1) is 45.6 Å². The number of rotatable bonds is 9. The predicted molar refractivity (Wildman–Crippen MR) is 157 cm³/mol. The first-order valence-corrected chi connectivity index (χ1v) is 13.1. The molecule has 11 heteroatoms. The fourth-order valence-corrected chi connectivity index (χ4v) is 5.26. The Balaban J connectivity index is 1.63. The highest BCUT2D eigenvalue weighted by Crippen LogP contribution is 2.38. The summed E-state index contributed by atoms with van der Waals surface area (Å²) in [6, 6.07) is 9.78. The molecule has 1 aliphatic heterocycles. The van der Waals surface area contributed by atoms with Gasteiger partial charge in [0, 0.05) is 30.8 Å². The Hall–Kier alpha value is -3.93. The summed E-state index contributed by atoms with van der Waals surface area (Å²) < 4.78 is 6.71. The summed E-state index contributed by atoms with van der Waals surface area (Å²) in [5.74, 6) is 6.11. The van der Waals surface area contributed by atoms with Crippen LogP contribution in [0.5, 0.6) is 5.75 Å². The Labute approximate surface area is 226 Å². The topological polar surface area (TPSA) is 132 Å². The van der Waals surface area contributed by atoms with Crippen LogP contribution in [-0.2, 0) is 4.79 Å². The van der Waals surface area contributed by atoms with Crippen LogP contribution >= 0.6 is 11.3 Å². The number of carbonyl (C=O) groups is 1. The van der Waals surface area contributed by atoms with E-state index in [1.165, 1.54) is 17.4 Å². The maximum atomic E-state index is 12.3. The molecular formula is C27H34N8O2S. The van der Waals surface area contributed by atoms with Crippen molar-refractivity contribution in [3.05, 3.63) is 60.1 Å². The SMILES string of the molecule is C=CC(=O)Nc1cc(NC(=N)/C=C(\NN)c2ccc3ncsc3c2)c(OC)cc1N(C)C1CCN(C)CC1. The van der Waals surface area contributed by atoms with Crippen LogP contribution in [0.3, 0.4) is 0 Å². The first-order valence-electron chi connectivity index (χ1n) is 12.3. The average Bonchev–Trinajstić information content (AvgIpc) is 3.40. The van der Waals surface area contributed by atoms with Gasteiger partial charge in [0.25, 0.3) is 0 Å². The van der Waals surface area contributed by atoms with Gasteiger partial charge in [0.1, 0.15) is 11.6 Å². The van der Waals surface area contributed by atoms with Gasteiger partial charge in [-0.3, -0.25) is 16.0 Å². The van der Waals surface area contributed by atoms with Crippen molar-refractivity contribution in [2.45, 2.75) is 18.9 Å². The zero-order valence-corrected chi connectivity index (χ0v) is 22.7. The summed E-state index contributed by atoms with van der Waals surface area (Å²) in [5.41, 5.74) is 8.75. The van der Waals surface area contributed by atoms with Gasteiger partial charge in [-0.05, 0) is 57.3 Å². The Bertz CT molecular complexity index is 1360. The number of nitrogens with two attached hydrogens (primary N) is 1. The fourth-order valence-electron chi connectivity index (χ4n) is 4.55. The molecule has 3 aromatic rings. The summed E-state index contributed by atoms with van der Waals surface area (Å²) in [4.78, 5) is 21.1. The van der Waals surface area contributed by atoms with Crippen molar-refractivity contribution in [3.63, 3.8) is 0 Å². The van der Waals surface area contributed by atoms with E-state index < -0.39 is 0 Å². The van der Waals surface area contributed by atoms with Gasteiger partial charge in [0.15, 0.2) is 0 Å². The standard InChI is InChI=1S/C27H34N8O2S/c1-5-27(36)32-21-13-22(24(37-4)15-23(21)35(3)18-8-10-34(2)11-9-18)31-26(28)14-20(33-29)17-6-7-19-25(12-17)38-16-30-19/h5-7,12-16,18,33H,1,8-11,29H2,2-4H3,(H2,28,31)(H,32,36)/b20-14-. The number of methoxy groups -OCH3 is 1. The van der Waals surface area contributed by atoms with Gasteiger partial charge < -0.3 is 30.6 Å². The summed E-state index contributed by atoms with van der Waals surface area (Å²) >= 11 is 1.54. The number of piperidine rings is 1. The molecule has 1 amide bonds. The lowest BCUT2D eigenvalue weighted by atomic mass is 10.0. The molecular weight excluding hydrogens is 500 g/mol. The third kappa shape index (κ3) is 6.13. The molecule has 1 fully saturated rings. The van der Waals surface area contributed by atoms with Crippen molar-refractivity contribution in [1.29, 1.82) is 5.41 Å². The predicted octanol–water partition coefficient (Wildman–Crippen LogP) is 3.85. The number of hydrazine groups is 1. The molecule has 2 aromatic carbocycles. The van der Waals surface area contributed by atoms with Crippen LogP contribution in [0.4, 0.5) is 17.1 Å². The monoisotopic (exact) mass is 534 g/mol. The molecule has 0 aliphatic carbocycles. The molecule has 0 bridgehead atoms. The number of amides is 1. The highest BCUT2D eigenvalue weighted by Gasteiger charge is 2.24. The van der Waals surface area contributed by atoms with Gasteiger partial charge in [0.2, 0.25) is 5.91 Å². The van der Waals surface area contributed by atoms with Crippen LogP contribution in [0.2, 0.25) is 0 Å². The second kappa shape index (κ2) is 12.1. The number of thiazole rings is 1. The quantitative estimate of drug-likeness (QED) is 0.0920. The molecule has 1 saturated heterocycles. The number of nitrogens with one attached hydrogen (secondary N) is 4. The molecule has 0 atom stereocenters. The molecule has 200 valence electrons. The van der Waals surface area contributed by atoms with E-state index in [0.29, 0.717) is 28.9 Å². The van der Waals surface area contributed by atoms with E-state index in [-0.39, 0.29) is 11.7 Å². The molecule has 0 unspecified atom stereocenters. The van der Waals surface area contributed by atoms with Gasteiger partial charge in [-0.25, -0.2) is 4.98 Å². The summed E-state index contributed by atoms with van der Waals surface area (Å²) in [6.45, 7) is 5.61. The number of hydrogen-bond donors (Lipinski definition) is 5. The van der Waals surface area contributed by atoms with Crippen molar-refractivity contribution in [2.24, 2.45) is 5.84 Å². The Morgan fingerprint density at radius 3 is 2.71 bits per heavy atom. The summed E-state index contributed by atoms with van der Waals surface area (Å²) in [7, 11) is 5.74. The molecule has 38 heavy (non-hydrogen) atoms. The number of anilines is 3. The number of benzene rings is 2. The van der Waals surface area contributed by atoms with E-state index in [1.54, 1.807) is 24.8 Å². The van der Waals surface area contributed by atoms with Crippen molar-refractivity contribution >= 4 is 56.1 Å². The van der Waals surface area contributed by atoms with Gasteiger partial charge >= 0.3 is 0 Å². The van der Waals surface area contributed by atoms with Crippen molar-refractivity contribution < 1.29 is 9.53 Å². The van der Waals surface area contributed by atoms with Gasteiger partial charge in [-0.1, -0.05) is 12.6 Å². The molecule has 2 heterocycles. The minimum Gasteiger partial charge on any atom is -0.494 e. The second-order valence-corrected chi connectivity index (χ2v) is 10.1. The van der Waals surface area contributed by atoms with E-state index in [0.717, 1.165) is 47.4 Å². The van der Waals surface area contributed by atoms with Gasteiger partial charge in [-0.15, -0.1) is 11.3 Å². The first-order chi connectivity index (χ1) is 18.3. The molecule has 0 saturated carbocycles. The third-order valence-corrected chi connectivity index (χ3v) is 7.52. The number of likely N-dealkylation sites (tertiary alicyclic amines) is 1. The van der Waals surface area contributed by atoms with E-state index in [4.69, 9.17) is 16.0 Å². The Morgan fingerprint density at radius 2 is 2.03 bits per heavy atom. The van der Waals surface area contributed by atoms with Crippen molar-refractivity contribution in [2.75, 3.05) is 49.8 Å². The number of ether oxygens (including phenoxy) is 1. The number of hydrogen-bond acceptors (Lipinski definition) is 9. The zero-order valence-electron chi connectivity index (χ0n) is 21.9. The van der Waals surface area contributed by atoms with Crippen LogP contribution < -0.4 is 31.5 Å². The maximum Gasteiger partial charge on any atom is 0.247 e. The lowest BCUT2D eigenvalue weighted by molar-refractivity contribution is -0.111. The lowest BCUT2D eigenvalue weighted by Crippen LogP contribution is -2.42. The molecule has 6 N–H and O–H groups in total. The number of nitrogens with zero attached hydrogens (tertiary/aromatic N) is 3. The highest BCUT2D eigenvalue weighted by atomic mass is 32.1.